The van der Waals surface area contributed by atoms with Gasteiger partial charge in [0.25, 0.3) is 5.91 Å². The summed E-state index contributed by atoms with van der Waals surface area (Å²) in [4.78, 5) is 29.8. The normalized spacial score (nSPS) is 15.5. The first kappa shape index (κ1) is 26.9. The fourth-order valence-electron chi connectivity index (χ4n) is 4.49. The van der Waals surface area contributed by atoms with E-state index in [2.05, 4.69) is 20.7 Å². The summed E-state index contributed by atoms with van der Waals surface area (Å²) in [6, 6.07) is 10.9. The summed E-state index contributed by atoms with van der Waals surface area (Å²) in [7, 11) is 3.08. The molecule has 5 rings (SSSR count). The molecule has 0 aliphatic carbocycles. The lowest BCUT2D eigenvalue weighted by atomic mass is 10.1. The SMILES string of the molecule is COc1ccc(-c2nnn(CC(=O)N(Cc3ccco3)[C@H](C(=O)NC[C@H]3CCCO3)c3ccco3)n2)cc1OC. The molecule has 4 aromatic rings. The Hall–Kier alpha value is -4.65. The van der Waals surface area contributed by atoms with Crippen LogP contribution in [-0.2, 0) is 27.4 Å². The van der Waals surface area contributed by atoms with Crippen LogP contribution in [0.25, 0.3) is 11.4 Å². The molecule has 40 heavy (non-hydrogen) atoms. The molecular weight excluding hydrogens is 520 g/mol. The minimum Gasteiger partial charge on any atom is -0.493 e. The average molecular weight is 551 g/mol. The number of hydrogen-bond donors (Lipinski definition) is 1. The second kappa shape index (κ2) is 12.5. The molecule has 0 radical (unpaired) electrons. The van der Waals surface area contributed by atoms with Crippen LogP contribution in [-0.4, -0.2) is 70.4 Å². The number of rotatable bonds is 12. The van der Waals surface area contributed by atoms with Gasteiger partial charge in [-0.2, -0.15) is 4.80 Å². The molecule has 1 aromatic carbocycles. The number of carbonyl (C=O) groups excluding carboxylic acids is 2. The Morgan fingerprint density at radius 2 is 1.95 bits per heavy atom. The van der Waals surface area contributed by atoms with Crippen LogP contribution < -0.4 is 14.8 Å². The largest absolute Gasteiger partial charge is 0.493 e. The van der Waals surface area contributed by atoms with Crippen LogP contribution in [0.4, 0.5) is 0 Å². The lowest BCUT2D eigenvalue weighted by Gasteiger charge is -2.29. The van der Waals surface area contributed by atoms with Crippen molar-refractivity contribution in [3.63, 3.8) is 0 Å². The van der Waals surface area contributed by atoms with Crippen LogP contribution in [0.1, 0.15) is 30.4 Å². The van der Waals surface area contributed by atoms with E-state index in [1.165, 1.54) is 29.3 Å². The Morgan fingerprint density at radius 1 is 1.12 bits per heavy atom. The Labute approximate surface area is 230 Å². The highest BCUT2D eigenvalue weighted by Gasteiger charge is 2.35. The fraction of sp³-hybridized carbons (Fsp3) is 0.370. The smallest absolute Gasteiger partial charge is 0.250 e. The van der Waals surface area contributed by atoms with E-state index in [-0.39, 0.29) is 19.2 Å². The monoisotopic (exact) mass is 550 g/mol. The van der Waals surface area contributed by atoms with Crippen LogP contribution in [0.3, 0.4) is 0 Å². The van der Waals surface area contributed by atoms with Gasteiger partial charge in [-0.3, -0.25) is 9.59 Å². The van der Waals surface area contributed by atoms with Gasteiger partial charge in [0.2, 0.25) is 11.7 Å². The van der Waals surface area contributed by atoms with Crippen molar-refractivity contribution in [2.24, 2.45) is 0 Å². The number of furan rings is 2. The maximum absolute atomic E-state index is 13.7. The molecule has 0 bridgehead atoms. The summed E-state index contributed by atoms with van der Waals surface area (Å²) in [6.07, 6.45) is 4.71. The van der Waals surface area contributed by atoms with E-state index in [9.17, 15) is 9.59 Å². The lowest BCUT2D eigenvalue weighted by molar-refractivity contribution is -0.143. The van der Waals surface area contributed by atoms with E-state index in [4.69, 9.17) is 23.0 Å². The summed E-state index contributed by atoms with van der Waals surface area (Å²) in [5.74, 6) is 1.32. The molecule has 1 aliphatic heterocycles. The predicted octanol–water partition coefficient (Wildman–Crippen LogP) is 2.61. The standard InChI is InChI=1S/C27H30N6O7/c1-36-21-10-9-18(14-23(21)37-2)26-29-31-33(30-26)17-24(34)32(16-20-7-4-12-39-20)25(22-8-5-13-40-22)27(35)28-15-19-6-3-11-38-19/h4-5,7-10,12-14,19,25H,3,6,11,15-17H2,1-2H3,(H,28,35)/t19-,25+/m1/s1. The molecule has 1 aliphatic rings. The molecule has 0 unspecified atom stereocenters. The highest BCUT2D eigenvalue weighted by atomic mass is 16.5. The molecule has 2 amide bonds. The number of benzene rings is 1. The van der Waals surface area contributed by atoms with Gasteiger partial charge in [0.15, 0.2) is 17.5 Å². The van der Waals surface area contributed by atoms with Crippen molar-refractivity contribution in [1.29, 1.82) is 0 Å². The maximum Gasteiger partial charge on any atom is 0.250 e. The Morgan fingerprint density at radius 3 is 2.65 bits per heavy atom. The second-order valence-corrected chi connectivity index (χ2v) is 9.11. The van der Waals surface area contributed by atoms with Gasteiger partial charge in [-0.25, -0.2) is 0 Å². The molecule has 0 saturated carbocycles. The number of methoxy groups -OCH3 is 2. The highest BCUT2D eigenvalue weighted by molar-refractivity contribution is 5.88. The van der Waals surface area contributed by atoms with E-state index < -0.39 is 17.9 Å². The van der Waals surface area contributed by atoms with Crippen LogP contribution >= 0.6 is 0 Å². The van der Waals surface area contributed by atoms with Crippen LogP contribution in [0.2, 0.25) is 0 Å². The van der Waals surface area contributed by atoms with Crippen molar-refractivity contribution in [1.82, 2.24) is 30.4 Å². The van der Waals surface area contributed by atoms with E-state index in [0.29, 0.717) is 47.6 Å². The summed E-state index contributed by atoms with van der Waals surface area (Å²) >= 11 is 0. The Bertz CT molecular complexity index is 1400. The zero-order valence-electron chi connectivity index (χ0n) is 22.2. The number of aromatic nitrogens is 4. The molecule has 2 atom stereocenters. The van der Waals surface area contributed by atoms with Crippen molar-refractivity contribution in [2.45, 2.75) is 38.1 Å². The van der Waals surface area contributed by atoms with E-state index in [1.807, 2.05) is 0 Å². The molecular formula is C27H30N6O7. The molecule has 1 saturated heterocycles. The lowest BCUT2D eigenvalue weighted by Crippen LogP contribution is -2.46. The van der Waals surface area contributed by atoms with Gasteiger partial charge < -0.3 is 33.3 Å². The first-order valence-electron chi connectivity index (χ1n) is 12.8. The van der Waals surface area contributed by atoms with Gasteiger partial charge in [0, 0.05) is 18.7 Å². The zero-order valence-corrected chi connectivity index (χ0v) is 22.2. The molecule has 1 N–H and O–H groups in total. The highest BCUT2D eigenvalue weighted by Crippen LogP contribution is 2.31. The quantitative estimate of drug-likeness (QED) is 0.279. The van der Waals surface area contributed by atoms with Gasteiger partial charge in [0.1, 0.15) is 18.1 Å². The van der Waals surface area contributed by atoms with E-state index in [0.717, 1.165) is 12.8 Å². The van der Waals surface area contributed by atoms with E-state index in [1.54, 1.807) is 49.6 Å². The molecule has 0 spiro atoms. The molecule has 13 nitrogen and oxygen atoms in total. The van der Waals surface area contributed by atoms with Gasteiger partial charge in [-0.1, -0.05) is 0 Å². The van der Waals surface area contributed by atoms with Gasteiger partial charge >= 0.3 is 0 Å². The maximum atomic E-state index is 13.7. The third-order valence-corrected chi connectivity index (χ3v) is 6.50. The summed E-state index contributed by atoms with van der Waals surface area (Å²) in [6.45, 7) is 0.735. The first-order valence-corrected chi connectivity index (χ1v) is 12.8. The number of amides is 2. The van der Waals surface area contributed by atoms with Crippen molar-refractivity contribution in [3.05, 3.63) is 66.5 Å². The van der Waals surface area contributed by atoms with Crippen molar-refractivity contribution in [2.75, 3.05) is 27.4 Å². The summed E-state index contributed by atoms with van der Waals surface area (Å²) in [5.41, 5.74) is 0.630. The molecule has 1 fully saturated rings. The Kier molecular flexibility index (Phi) is 8.40. The van der Waals surface area contributed by atoms with Crippen molar-refractivity contribution < 1.29 is 32.6 Å². The Balaban J connectivity index is 1.38. The number of nitrogens with one attached hydrogen (secondary N) is 1. The number of tetrazole rings is 1. The topological polar surface area (TPSA) is 147 Å². The summed E-state index contributed by atoms with van der Waals surface area (Å²) < 4.78 is 27.4. The first-order chi connectivity index (χ1) is 19.6. The molecule has 13 heteroatoms. The molecule has 4 heterocycles. The fourth-order valence-corrected chi connectivity index (χ4v) is 4.49. The van der Waals surface area contributed by atoms with Crippen molar-refractivity contribution in [3.8, 4) is 22.9 Å². The van der Waals surface area contributed by atoms with E-state index >= 15 is 0 Å². The van der Waals surface area contributed by atoms with Crippen molar-refractivity contribution >= 4 is 11.8 Å². The zero-order chi connectivity index (χ0) is 27.9. The number of carbonyl (C=O) groups is 2. The number of nitrogens with zero attached hydrogens (tertiary/aromatic N) is 5. The van der Waals surface area contributed by atoms with Gasteiger partial charge in [0.05, 0.1) is 39.4 Å². The third-order valence-electron chi connectivity index (χ3n) is 6.50. The minimum absolute atomic E-state index is 0.0157. The van der Waals surface area contributed by atoms with Crippen LogP contribution in [0.5, 0.6) is 11.5 Å². The number of ether oxygens (including phenoxy) is 3. The predicted molar refractivity (Wildman–Crippen MR) is 139 cm³/mol. The average Bonchev–Trinajstić information content (AvgIpc) is 3.80. The molecule has 3 aromatic heterocycles. The van der Waals surface area contributed by atoms with Gasteiger partial charge in [-0.15, -0.1) is 10.2 Å². The van der Waals surface area contributed by atoms with Gasteiger partial charge in [-0.05, 0) is 60.5 Å². The van der Waals surface area contributed by atoms with Crippen LogP contribution in [0, 0.1) is 0 Å². The third kappa shape index (κ3) is 6.15. The number of hydrogen-bond acceptors (Lipinski definition) is 10. The molecule has 210 valence electrons. The van der Waals surface area contributed by atoms with Crippen LogP contribution in [0.15, 0.2) is 63.8 Å². The second-order valence-electron chi connectivity index (χ2n) is 9.11. The summed E-state index contributed by atoms with van der Waals surface area (Å²) in [5, 5.41) is 15.4. The minimum atomic E-state index is -1.07.